The highest BCUT2D eigenvalue weighted by Crippen LogP contribution is 2.43. The van der Waals surface area contributed by atoms with Crippen LogP contribution in [0.1, 0.15) is 25.7 Å². The molecule has 0 radical (unpaired) electrons. The minimum absolute atomic E-state index is 0.0880. The SMILES string of the molecule is O=C1CCCC2(C1)OCCS2. The maximum Gasteiger partial charge on any atom is 0.136 e. The Balaban J connectivity index is 2.05. The van der Waals surface area contributed by atoms with Gasteiger partial charge in [-0.25, -0.2) is 0 Å². The van der Waals surface area contributed by atoms with E-state index in [0.29, 0.717) is 12.2 Å². The molecule has 0 aromatic rings. The third-order valence-corrected chi connectivity index (χ3v) is 3.66. The quantitative estimate of drug-likeness (QED) is 0.555. The number of carbonyl (C=O) groups excluding carboxylic acids is 1. The van der Waals surface area contributed by atoms with Crippen molar-refractivity contribution in [3.63, 3.8) is 0 Å². The van der Waals surface area contributed by atoms with Crippen molar-refractivity contribution >= 4 is 17.5 Å². The predicted molar refractivity (Wildman–Crippen MR) is 44.6 cm³/mol. The molecule has 3 heteroatoms. The van der Waals surface area contributed by atoms with E-state index in [4.69, 9.17) is 4.74 Å². The number of ketones is 1. The summed E-state index contributed by atoms with van der Waals surface area (Å²) >= 11 is 1.83. The molecule has 0 N–H and O–H groups in total. The summed E-state index contributed by atoms with van der Waals surface area (Å²) in [5.41, 5.74) is 0. The fourth-order valence-electron chi connectivity index (χ4n) is 1.78. The van der Waals surface area contributed by atoms with Crippen LogP contribution in [-0.4, -0.2) is 23.1 Å². The van der Waals surface area contributed by atoms with Gasteiger partial charge in [0.15, 0.2) is 0 Å². The fraction of sp³-hybridized carbons (Fsp3) is 0.875. The lowest BCUT2D eigenvalue weighted by Crippen LogP contribution is -2.31. The Morgan fingerprint density at radius 2 is 2.45 bits per heavy atom. The van der Waals surface area contributed by atoms with Gasteiger partial charge in [0, 0.05) is 18.6 Å². The molecule has 1 unspecified atom stereocenters. The second kappa shape index (κ2) is 2.79. The van der Waals surface area contributed by atoms with Gasteiger partial charge in [-0.05, 0) is 12.8 Å². The molecule has 11 heavy (non-hydrogen) atoms. The molecule has 2 fully saturated rings. The molecule has 0 bridgehead atoms. The minimum atomic E-state index is -0.0880. The van der Waals surface area contributed by atoms with Crippen molar-refractivity contribution in [3.8, 4) is 0 Å². The summed E-state index contributed by atoms with van der Waals surface area (Å²) in [6, 6.07) is 0. The average molecular weight is 172 g/mol. The van der Waals surface area contributed by atoms with Crippen LogP contribution in [0.4, 0.5) is 0 Å². The van der Waals surface area contributed by atoms with E-state index in [9.17, 15) is 4.79 Å². The highest BCUT2D eigenvalue weighted by Gasteiger charge is 2.40. The Bertz CT molecular complexity index is 173. The van der Waals surface area contributed by atoms with Crippen LogP contribution in [0.3, 0.4) is 0 Å². The largest absolute Gasteiger partial charge is 0.363 e. The van der Waals surface area contributed by atoms with E-state index in [1.54, 1.807) is 0 Å². The van der Waals surface area contributed by atoms with Crippen molar-refractivity contribution in [2.75, 3.05) is 12.4 Å². The summed E-state index contributed by atoms with van der Waals surface area (Å²) in [5.74, 6) is 1.44. The van der Waals surface area contributed by atoms with Crippen LogP contribution >= 0.6 is 11.8 Å². The van der Waals surface area contributed by atoms with Crippen molar-refractivity contribution in [2.24, 2.45) is 0 Å². The molecule has 1 spiro atoms. The summed E-state index contributed by atoms with van der Waals surface area (Å²) in [6.45, 7) is 0.831. The molecule has 1 atom stereocenters. The summed E-state index contributed by atoms with van der Waals surface area (Å²) in [4.78, 5) is 11.0. The van der Waals surface area contributed by atoms with Crippen molar-refractivity contribution in [1.29, 1.82) is 0 Å². The number of hydrogen-bond donors (Lipinski definition) is 0. The predicted octanol–water partition coefficient (Wildman–Crippen LogP) is 1.59. The molecule has 2 aliphatic rings. The third-order valence-electron chi connectivity index (χ3n) is 2.29. The molecule has 1 saturated carbocycles. The standard InChI is InChI=1S/C8H12O2S/c9-7-2-1-3-8(6-7)10-4-5-11-8/h1-6H2. The van der Waals surface area contributed by atoms with Gasteiger partial charge in [0.1, 0.15) is 10.7 Å². The molecule has 2 nitrogen and oxygen atoms in total. The Labute approximate surface area is 70.7 Å². The average Bonchev–Trinajstić information content (AvgIpc) is 2.37. The van der Waals surface area contributed by atoms with E-state index in [0.717, 1.165) is 31.6 Å². The lowest BCUT2D eigenvalue weighted by Gasteiger charge is -2.30. The summed E-state index contributed by atoms with van der Waals surface area (Å²) < 4.78 is 5.59. The van der Waals surface area contributed by atoms with Crippen molar-refractivity contribution < 1.29 is 9.53 Å². The van der Waals surface area contributed by atoms with E-state index in [-0.39, 0.29) is 4.93 Å². The van der Waals surface area contributed by atoms with Crippen LogP contribution in [0.25, 0.3) is 0 Å². The van der Waals surface area contributed by atoms with Crippen molar-refractivity contribution in [1.82, 2.24) is 0 Å². The second-order valence-electron chi connectivity index (χ2n) is 3.18. The lowest BCUT2D eigenvalue weighted by molar-refractivity contribution is -0.125. The number of Topliss-reactive ketones (excluding diaryl/α,β-unsaturated/α-hetero) is 1. The fourth-order valence-corrected chi connectivity index (χ4v) is 3.03. The summed E-state index contributed by atoms with van der Waals surface area (Å²) in [6.07, 6.45) is 3.51. The van der Waals surface area contributed by atoms with Crippen LogP contribution in [-0.2, 0) is 9.53 Å². The number of ether oxygens (including phenoxy) is 1. The molecular weight excluding hydrogens is 160 g/mol. The highest BCUT2D eigenvalue weighted by molar-refractivity contribution is 8.00. The van der Waals surface area contributed by atoms with E-state index >= 15 is 0 Å². The van der Waals surface area contributed by atoms with Crippen LogP contribution in [0, 0.1) is 0 Å². The Hall–Kier alpha value is -0.0200. The van der Waals surface area contributed by atoms with E-state index < -0.39 is 0 Å². The topological polar surface area (TPSA) is 26.3 Å². The number of hydrogen-bond acceptors (Lipinski definition) is 3. The Kier molecular flexibility index (Phi) is 1.93. The van der Waals surface area contributed by atoms with Crippen molar-refractivity contribution in [2.45, 2.75) is 30.6 Å². The molecular formula is C8H12O2S. The normalized spacial score (nSPS) is 38.4. The first kappa shape index (κ1) is 7.62. The van der Waals surface area contributed by atoms with E-state index in [1.165, 1.54) is 0 Å². The van der Waals surface area contributed by atoms with Gasteiger partial charge in [0.25, 0.3) is 0 Å². The van der Waals surface area contributed by atoms with Crippen LogP contribution < -0.4 is 0 Å². The van der Waals surface area contributed by atoms with Crippen LogP contribution in [0.15, 0.2) is 0 Å². The molecule has 1 aliphatic carbocycles. The molecule has 62 valence electrons. The Morgan fingerprint density at radius 3 is 3.09 bits per heavy atom. The number of rotatable bonds is 0. The van der Waals surface area contributed by atoms with Gasteiger partial charge in [0.05, 0.1) is 6.61 Å². The maximum absolute atomic E-state index is 11.1. The first-order chi connectivity index (χ1) is 5.31. The van der Waals surface area contributed by atoms with Gasteiger partial charge in [-0.1, -0.05) is 0 Å². The zero-order valence-electron chi connectivity index (χ0n) is 6.47. The highest BCUT2D eigenvalue weighted by atomic mass is 32.2. The number of thioether (sulfide) groups is 1. The molecule has 2 rings (SSSR count). The van der Waals surface area contributed by atoms with Crippen LogP contribution in [0.5, 0.6) is 0 Å². The first-order valence-corrected chi connectivity index (χ1v) is 5.09. The van der Waals surface area contributed by atoms with E-state index in [2.05, 4.69) is 0 Å². The van der Waals surface area contributed by atoms with E-state index in [1.807, 2.05) is 11.8 Å². The van der Waals surface area contributed by atoms with Gasteiger partial charge in [0.2, 0.25) is 0 Å². The molecule has 1 heterocycles. The Morgan fingerprint density at radius 1 is 1.55 bits per heavy atom. The summed E-state index contributed by atoms with van der Waals surface area (Å²) in [7, 11) is 0. The summed E-state index contributed by atoms with van der Waals surface area (Å²) in [5, 5.41) is 0. The third kappa shape index (κ3) is 1.44. The van der Waals surface area contributed by atoms with Gasteiger partial charge < -0.3 is 4.74 Å². The zero-order valence-corrected chi connectivity index (χ0v) is 7.28. The smallest absolute Gasteiger partial charge is 0.136 e. The zero-order chi connectivity index (χ0) is 7.73. The van der Waals surface area contributed by atoms with Gasteiger partial charge in [-0.15, -0.1) is 11.8 Å². The van der Waals surface area contributed by atoms with Gasteiger partial charge in [-0.2, -0.15) is 0 Å². The van der Waals surface area contributed by atoms with Crippen LogP contribution in [0.2, 0.25) is 0 Å². The van der Waals surface area contributed by atoms with Gasteiger partial charge >= 0.3 is 0 Å². The van der Waals surface area contributed by atoms with Crippen molar-refractivity contribution in [3.05, 3.63) is 0 Å². The molecule has 0 aromatic carbocycles. The molecule has 1 aliphatic heterocycles. The van der Waals surface area contributed by atoms with Gasteiger partial charge in [-0.3, -0.25) is 4.79 Å². The molecule has 0 aromatic heterocycles. The maximum atomic E-state index is 11.1. The number of carbonyl (C=O) groups is 1. The first-order valence-electron chi connectivity index (χ1n) is 4.10. The minimum Gasteiger partial charge on any atom is -0.363 e. The molecule has 1 saturated heterocycles. The monoisotopic (exact) mass is 172 g/mol. The second-order valence-corrected chi connectivity index (χ2v) is 4.62. The lowest BCUT2D eigenvalue weighted by atomic mass is 9.96. The molecule has 0 amide bonds.